The van der Waals surface area contributed by atoms with E-state index in [1.807, 2.05) is 0 Å². The Kier molecular flexibility index (Phi) is 4.46. The maximum absolute atomic E-state index is 12.6. The van der Waals surface area contributed by atoms with Gasteiger partial charge < -0.3 is 10.5 Å². The van der Waals surface area contributed by atoms with Gasteiger partial charge in [0.1, 0.15) is 15.6 Å². The quantitative estimate of drug-likeness (QED) is 0.799. The van der Waals surface area contributed by atoms with Gasteiger partial charge >= 0.3 is 0 Å². The molecule has 1 aliphatic rings. The van der Waals surface area contributed by atoms with E-state index < -0.39 is 10.0 Å². The minimum atomic E-state index is -3.64. The fraction of sp³-hybridized carbons (Fsp3) is 0.455. The van der Waals surface area contributed by atoms with Crippen molar-refractivity contribution in [2.45, 2.75) is 11.3 Å². The number of hydrogen-bond donors (Lipinski definition) is 1. The van der Waals surface area contributed by atoms with Crippen molar-refractivity contribution in [2.24, 2.45) is 5.73 Å². The minimum absolute atomic E-state index is 0.0229. The third-order valence-electron chi connectivity index (χ3n) is 2.80. The molecule has 1 aromatic rings. The molecular weight excluding hydrogens is 286 g/mol. The molecule has 0 bridgehead atoms. The van der Waals surface area contributed by atoms with E-state index in [1.165, 1.54) is 16.6 Å². The number of thiocarbonyl (C=S) groups is 1. The Hall–Kier alpha value is -1.09. The van der Waals surface area contributed by atoms with Gasteiger partial charge in [-0.1, -0.05) is 12.2 Å². The first-order valence-electron chi connectivity index (χ1n) is 5.86. The summed E-state index contributed by atoms with van der Waals surface area (Å²) in [5.74, 6) is 0. The number of aromatic nitrogens is 1. The molecule has 2 N–H and O–H groups in total. The molecule has 0 aliphatic carbocycles. The van der Waals surface area contributed by atoms with Gasteiger partial charge in [-0.15, -0.1) is 0 Å². The molecule has 2 heterocycles. The number of nitrogens with two attached hydrogens (primary N) is 1. The smallest absolute Gasteiger partial charge is 0.245 e. The van der Waals surface area contributed by atoms with Crippen molar-refractivity contribution in [1.82, 2.24) is 9.29 Å². The van der Waals surface area contributed by atoms with Crippen LogP contribution in [0.1, 0.15) is 12.1 Å². The summed E-state index contributed by atoms with van der Waals surface area (Å²) in [5.41, 5.74) is 5.67. The molecule has 0 amide bonds. The second-order valence-corrected chi connectivity index (χ2v) is 6.43. The molecule has 104 valence electrons. The predicted octanol–water partition coefficient (Wildman–Crippen LogP) is 0.127. The summed E-state index contributed by atoms with van der Waals surface area (Å²) in [6.07, 6.45) is 2.14. The van der Waals surface area contributed by atoms with Gasteiger partial charge in [0.15, 0.2) is 0 Å². The third kappa shape index (κ3) is 3.08. The van der Waals surface area contributed by atoms with Crippen LogP contribution in [0.2, 0.25) is 0 Å². The van der Waals surface area contributed by atoms with Gasteiger partial charge in [0, 0.05) is 25.9 Å². The van der Waals surface area contributed by atoms with Crippen molar-refractivity contribution >= 4 is 27.2 Å². The number of sulfonamides is 1. The van der Waals surface area contributed by atoms with Crippen LogP contribution in [0, 0.1) is 0 Å². The van der Waals surface area contributed by atoms with Crippen molar-refractivity contribution in [2.75, 3.05) is 26.3 Å². The van der Waals surface area contributed by atoms with Crippen LogP contribution in [-0.4, -0.2) is 49.0 Å². The monoisotopic (exact) mass is 301 g/mol. The molecule has 8 heteroatoms. The van der Waals surface area contributed by atoms with E-state index >= 15 is 0 Å². The summed E-state index contributed by atoms with van der Waals surface area (Å²) in [6, 6.07) is 3.03. The van der Waals surface area contributed by atoms with E-state index in [9.17, 15) is 8.42 Å². The third-order valence-corrected chi connectivity index (χ3v) is 4.93. The SMILES string of the molecule is NC(=S)c1ncccc1S(=O)(=O)N1CCCOCC1. The molecule has 2 rings (SSSR count). The largest absolute Gasteiger partial charge is 0.388 e. The van der Waals surface area contributed by atoms with Crippen LogP contribution in [0.15, 0.2) is 23.2 Å². The molecule has 6 nitrogen and oxygen atoms in total. The van der Waals surface area contributed by atoms with Crippen molar-refractivity contribution in [3.8, 4) is 0 Å². The normalized spacial score (nSPS) is 17.9. The van der Waals surface area contributed by atoms with E-state index in [1.54, 1.807) is 6.07 Å². The number of nitrogens with zero attached hydrogens (tertiary/aromatic N) is 2. The molecule has 0 saturated carbocycles. The summed E-state index contributed by atoms with van der Waals surface area (Å²) in [5, 5.41) is 0. The molecule has 0 spiro atoms. The standard InChI is InChI=1S/C11H15N3O3S2/c12-11(18)10-9(3-1-4-13-10)19(15,16)14-5-2-7-17-8-6-14/h1,3-4H,2,5-8H2,(H2,12,18). The fourth-order valence-electron chi connectivity index (χ4n) is 1.89. The zero-order chi connectivity index (χ0) is 13.9. The topological polar surface area (TPSA) is 85.5 Å². The second-order valence-electron chi connectivity index (χ2n) is 4.08. The molecule has 0 radical (unpaired) electrons. The number of pyridine rings is 1. The van der Waals surface area contributed by atoms with Gasteiger partial charge in [-0.25, -0.2) is 8.42 Å². The van der Waals surface area contributed by atoms with E-state index in [4.69, 9.17) is 22.7 Å². The van der Waals surface area contributed by atoms with Crippen LogP contribution in [0.3, 0.4) is 0 Å². The summed E-state index contributed by atoms with van der Waals surface area (Å²) in [6.45, 7) is 1.71. The van der Waals surface area contributed by atoms with Gasteiger partial charge in [0.05, 0.1) is 6.61 Å². The number of ether oxygens (including phenoxy) is 1. The molecule has 0 atom stereocenters. The highest BCUT2D eigenvalue weighted by molar-refractivity contribution is 7.89. The van der Waals surface area contributed by atoms with Gasteiger partial charge in [-0.05, 0) is 18.6 Å². The van der Waals surface area contributed by atoms with Gasteiger partial charge in [-0.3, -0.25) is 4.98 Å². The first kappa shape index (κ1) is 14.3. The maximum Gasteiger partial charge on any atom is 0.245 e. The van der Waals surface area contributed by atoms with E-state index in [0.29, 0.717) is 32.7 Å². The Balaban J connectivity index is 2.41. The molecule has 1 saturated heterocycles. The summed E-state index contributed by atoms with van der Waals surface area (Å²) < 4.78 is 31.8. The van der Waals surface area contributed by atoms with Crippen molar-refractivity contribution in [3.63, 3.8) is 0 Å². The Bertz CT molecular complexity index is 566. The lowest BCUT2D eigenvalue weighted by molar-refractivity contribution is 0.148. The first-order chi connectivity index (χ1) is 9.03. The van der Waals surface area contributed by atoms with Gasteiger partial charge in [0.2, 0.25) is 10.0 Å². The fourth-order valence-corrected chi connectivity index (χ4v) is 3.73. The number of hydrogen-bond acceptors (Lipinski definition) is 5. The van der Waals surface area contributed by atoms with Gasteiger partial charge in [0.25, 0.3) is 0 Å². The van der Waals surface area contributed by atoms with Crippen LogP contribution in [-0.2, 0) is 14.8 Å². The van der Waals surface area contributed by atoms with Crippen LogP contribution < -0.4 is 5.73 Å². The van der Waals surface area contributed by atoms with Crippen molar-refractivity contribution in [3.05, 3.63) is 24.0 Å². The first-order valence-corrected chi connectivity index (χ1v) is 7.71. The Morgan fingerprint density at radius 3 is 2.95 bits per heavy atom. The lowest BCUT2D eigenvalue weighted by Crippen LogP contribution is -2.34. The highest BCUT2D eigenvalue weighted by Crippen LogP contribution is 2.19. The lowest BCUT2D eigenvalue weighted by Gasteiger charge is -2.20. The van der Waals surface area contributed by atoms with Crippen LogP contribution in [0.25, 0.3) is 0 Å². The highest BCUT2D eigenvalue weighted by Gasteiger charge is 2.28. The van der Waals surface area contributed by atoms with E-state index in [2.05, 4.69) is 4.98 Å². The van der Waals surface area contributed by atoms with Crippen molar-refractivity contribution in [1.29, 1.82) is 0 Å². The summed E-state index contributed by atoms with van der Waals surface area (Å²) in [4.78, 5) is 4.00. The van der Waals surface area contributed by atoms with E-state index in [-0.39, 0.29) is 15.6 Å². The molecule has 19 heavy (non-hydrogen) atoms. The van der Waals surface area contributed by atoms with Crippen LogP contribution in [0.4, 0.5) is 0 Å². The average molecular weight is 301 g/mol. The van der Waals surface area contributed by atoms with Crippen LogP contribution >= 0.6 is 12.2 Å². The molecule has 1 aromatic heterocycles. The molecule has 1 aliphatic heterocycles. The van der Waals surface area contributed by atoms with Crippen molar-refractivity contribution < 1.29 is 13.2 Å². The zero-order valence-corrected chi connectivity index (χ0v) is 11.9. The maximum atomic E-state index is 12.6. The Labute approximate surface area is 117 Å². The number of rotatable bonds is 3. The summed E-state index contributed by atoms with van der Waals surface area (Å²) in [7, 11) is -3.64. The van der Waals surface area contributed by atoms with E-state index in [0.717, 1.165) is 0 Å². The molecule has 0 aromatic carbocycles. The Morgan fingerprint density at radius 2 is 2.21 bits per heavy atom. The second kappa shape index (κ2) is 5.91. The highest BCUT2D eigenvalue weighted by atomic mass is 32.2. The zero-order valence-electron chi connectivity index (χ0n) is 10.3. The predicted molar refractivity (Wildman–Crippen MR) is 74.3 cm³/mol. The molecule has 0 unspecified atom stereocenters. The van der Waals surface area contributed by atoms with Gasteiger partial charge in [-0.2, -0.15) is 4.31 Å². The van der Waals surface area contributed by atoms with Crippen LogP contribution in [0.5, 0.6) is 0 Å². The molecule has 1 fully saturated rings. The summed E-state index contributed by atoms with van der Waals surface area (Å²) >= 11 is 4.85. The average Bonchev–Trinajstić information content (AvgIpc) is 2.68. The molecular formula is C11H15N3O3S2. The minimum Gasteiger partial charge on any atom is -0.388 e. The Morgan fingerprint density at radius 1 is 1.42 bits per heavy atom. The lowest BCUT2D eigenvalue weighted by atomic mass is 10.3.